The minimum Gasteiger partial charge on any atom is -0.478 e. The Morgan fingerprint density at radius 1 is 1.10 bits per heavy atom. The van der Waals surface area contributed by atoms with Gasteiger partial charge in [0.2, 0.25) is 0 Å². The van der Waals surface area contributed by atoms with Crippen molar-refractivity contribution >= 4 is 23.4 Å². The minimum atomic E-state index is -0.903. The SMILES string of the molecule is CSCc1oc(-c2ccccc2)cc1C(Nc1ccc(C(=O)O)cc1)C1CCCCC1. The topological polar surface area (TPSA) is 62.5 Å². The molecule has 2 aromatic carbocycles. The van der Waals surface area contributed by atoms with Gasteiger partial charge in [-0.3, -0.25) is 0 Å². The molecule has 31 heavy (non-hydrogen) atoms. The highest BCUT2D eigenvalue weighted by molar-refractivity contribution is 7.97. The van der Waals surface area contributed by atoms with E-state index in [9.17, 15) is 9.90 Å². The lowest BCUT2D eigenvalue weighted by atomic mass is 9.81. The van der Waals surface area contributed by atoms with Gasteiger partial charge in [-0.15, -0.1) is 0 Å². The number of anilines is 1. The van der Waals surface area contributed by atoms with Gasteiger partial charge in [0.25, 0.3) is 0 Å². The Morgan fingerprint density at radius 3 is 2.45 bits per heavy atom. The highest BCUT2D eigenvalue weighted by Gasteiger charge is 2.29. The van der Waals surface area contributed by atoms with Crippen LogP contribution in [0.2, 0.25) is 0 Å². The first-order valence-electron chi connectivity index (χ1n) is 10.9. The number of carboxylic acids is 1. The number of rotatable bonds is 8. The maximum Gasteiger partial charge on any atom is 0.335 e. The molecule has 0 amide bonds. The molecule has 0 saturated heterocycles. The van der Waals surface area contributed by atoms with Crippen LogP contribution in [-0.4, -0.2) is 17.3 Å². The molecule has 1 aliphatic rings. The van der Waals surface area contributed by atoms with Gasteiger partial charge >= 0.3 is 5.97 Å². The number of hydrogen-bond donors (Lipinski definition) is 2. The molecule has 1 fully saturated rings. The van der Waals surface area contributed by atoms with Gasteiger partial charge in [-0.05, 0) is 55.3 Å². The highest BCUT2D eigenvalue weighted by Crippen LogP contribution is 2.41. The number of nitrogens with one attached hydrogen (secondary N) is 1. The number of carboxylic acid groups (broad SMARTS) is 1. The average Bonchev–Trinajstić information content (AvgIpc) is 3.23. The van der Waals surface area contributed by atoms with Crippen molar-refractivity contribution in [3.8, 4) is 11.3 Å². The third kappa shape index (κ3) is 5.16. The number of hydrogen-bond acceptors (Lipinski definition) is 4. The second-order valence-electron chi connectivity index (χ2n) is 8.19. The zero-order chi connectivity index (χ0) is 21.6. The number of carbonyl (C=O) groups is 1. The average molecular weight is 436 g/mol. The maximum atomic E-state index is 11.2. The predicted octanol–water partition coefficient (Wildman–Crippen LogP) is 7.24. The van der Waals surface area contributed by atoms with E-state index in [0.29, 0.717) is 11.5 Å². The fraction of sp³-hybridized carbons (Fsp3) is 0.346. The molecule has 2 N–H and O–H groups in total. The summed E-state index contributed by atoms with van der Waals surface area (Å²) in [4.78, 5) is 11.2. The van der Waals surface area contributed by atoms with E-state index in [1.807, 2.05) is 30.3 Å². The Balaban J connectivity index is 1.70. The van der Waals surface area contributed by atoms with Crippen molar-refractivity contribution in [1.29, 1.82) is 0 Å². The zero-order valence-corrected chi connectivity index (χ0v) is 18.7. The summed E-state index contributed by atoms with van der Waals surface area (Å²) in [6.45, 7) is 0. The Morgan fingerprint density at radius 2 is 1.81 bits per heavy atom. The monoisotopic (exact) mass is 435 g/mol. The predicted molar refractivity (Wildman–Crippen MR) is 128 cm³/mol. The summed E-state index contributed by atoms with van der Waals surface area (Å²) in [6.07, 6.45) is 8.28. The fourth-order valence-corrected chi connectivity index (χ4v) is 4.99. The zero-order valence-electron chi connectivity index (χ0n) is 17.8. The second kappa shape index (κ2) is 10.1. The van der Waals surface area contributed by atoms with E-state index >= 15 is 0 Å². The van der Waals surface area contributed by atoms with Crippen LogP contribution in [0.4, 0.5) is 5.69 Å². The van der Waals surface area contributed by atoms with E-state index in [1.165, 1.54) is 37.7 Å². The third-order valence-corrected chi connectivity index (χ3v) is 6.64. The number of thioether (sulfide) groups is 1. The smallest absolute Gasteiger partial charge is 0.335 e. The summed E-state index contributed by atoms with van der Waals surface area (Å²) in [5, 5.41) is 12.9. The number of aromatic carboxylic acids is 1. The molecule has 4 rings (SSSR count). The molecule has 0 bridgehead atoms. The molecule has 1 atom stereocenters. The Bertz CT molecular complexity index is 991. The maximum absolute atomic E-state index is 11.2. The van der Waals surface area contributed by atoms with Crippen molar-refractivity contribution in [3.63, 3.8) is 0 Å². The summed E-state index contributed by atoms with van der Waals surface area (Å²) in [6, 6.07) is 19.7. The third-order valence-electron chi connectivity index (χ3n) is 6.09. The molecule has 1 saturated carbocycles. The summed E-state index contributed by atoms with van der Waals surface area (Å²) in [7, 11) is 0. The van der Waals surface area contributed by atoms with Gasteiger partial charge in [-0.1, -0.05) is 49.6 Å². The molecular formula is C26H29NO3S. The Kier molecular flexibility index (Phi) is 7.03. The normalized spacial score (nSPS) is 15.5. The summed E-state index contributed by atoms with van der Waals surface area (Å²) < 4.78 is 6.36. The van der Waals surface area contributed by atoms with E-state index in [1.54, 1.807) is 23.9 Å². The van der Waals surface area contributed by atoms with Crippen molar-refractivity contribution in [2.75, 3.05) is 11.6 Å². The van der Waals surface area contributed by atoms with E-state index < -0.39 is 5.97 Å². The summed E-state index contributed by atoms with van der Waals surface area (Å²) in [5.41, 5.74) is 3.56. The van der Waals surface area contributed by atoms with Crippen LogP contribution in [0.3, 0.4) is 0 Å². The summed E-state index contributed by atoms with van der Waals surface area (Å²) >= 11 is 1.77. The fourth-order valence-electron chi connectivity index (χ4n) is 4.50. The lowest BCUT2D eigenvalue weighted by Crippen LogP contribution is -2.23. The van der Waals surface area contributed by atoms with Gasteiger partial charge in [0.15, 0.2) is 0 Å². The molecule has 5 heteroatoms. The van der Waals surface area contributed by atoms with Gasteiger partial charge in [-0.2, -0.15) is 11.8 Å². The first kappa shape index (κ1) is 21.6. The summed E-state index contributed by atoms with van der Waals surface area (Å²) in [5.74, 6) is 2.38. The molecule has 1 heterocycles. The molecule has 162 valence electrons. The number of benzene rings is 2. The van der Waals surface area contributed by atoms with E-state index in [4.69, 9.17) is 4.42 Å². The molecule has 4 nitrogen and oxygen atoms in total. The molecule has 3 aromatic rings. The minimum absolute atomic E-state index is 0.138. The highest BCUT2D eigenvalue weighted by atomic mass is 32.2. The quantitative estimate of drug-likeness (QED) is 0.390. The van der Waals surface area contributed by atoms with Gasteiger partial charge < -0.3 is 14.8 Å². The molecule has 1 aliphatic carbocycles. The van der Waals surface area contributed by atoms with E-state index in [0.717, 1.165) is 28.5 Å². The second-order valence-corrected chi connectivity index (χ2v) is 9.06. The first-order chi connectivity index (χ1) is 15.2. The van der Waals surface area contributed by atoms with E-state index in [-0.39, 0.29) is 6.04 Å². The van der Waals surface area contributed by atoms with Gasteiger partial charge in [0.05, 0.1) is 17.4 Å². The van der Waals surface area contributed by atoms with Crippen molar-refractivity contribution in [1.82, 2.24) is 0 Å². The molecule has 1 unspecified atom stereocenters. The van der Waals surface area contributed by atoms with Gasteiger partial charge in [0.1, 0.15) is 11.5 Å². The number of furan rings is 1. The lowest BCUT2D eigenvalue weighted by Gasteiger charge is -2.32. The van der Waals surface area contributed by atoms with Gasteiger partial charge in [0, 0.05) is 16.8 Å². The van der Waals surface area contributed by atoms with Crippen molar-refractivity contribution < 1.29 is 14.3 Å². The van der Waals surface area contributed by atoms with Crippen LogP contribution in [0.1, 0.15) is 59.8 Å². The van der Waals surface area contributed by atoms with Crippen LogP contribution < -0.4 is 5.32 Å². The molecule has 0 spiro atoms. The van der Waals surface area contributed by atoms with Crippen LogP contribution in [0.15, 0.2) is 65.1 Å². The molecule has 0 radical (unpaired) electrons. The van der Waals surface area contributed by atoms with Crippen LogP contribution in [0, 0.1) is 5.92 Å². The Hall–Kier alpha value is -2.66. The van der Waals surface area contributed by atoms with Crippen LogP contribution in [0.5, 0.6) is 0 Å². The van der Waals surface area contributed by atoms with Crippen LogP contribution in [0.25, 0.3) is 11.3 Å². The lowest BCUT2D eigenvalue weighted by molar-refractivity contribution is 0.0697. The van der Waals surface area contributed by atoms with Crippen LogP contribution in [-0.2, 0) is 5.75 Å². The first-order valence-corrected chi connectivity index (χ1v) is 12.3. The molecule has 0 aliphatic heterocycles. The van der Waals surface area contributed by atoms with Crippen molar-refractivity contribution in [3.05, 3.63) is 77.6 Å². The van der Waals surface area contributed by atoms with Gasteiger partial charge in [-0.25, -0.2) is 4.79 Å². The van der Waals surface area contributed by atoms with Crippen molar-refractivity contribution in [2.24, 2.45) is 5.92 Å². The Labute approximate surface area is 188 Å². The van der Waals surface area contributed by atoms with E-state index in [2.05, 4.69) is 29.8 Å². The standard InChI is InChI=1S/C26H29NO3S/c1-31-17-24-22(16-23(30-24)18-8-4-2-5-9-18)25(19-10-6-3-7-11-19)27-21-14-12-20(13-15-21)26(28)29/h2,4-5,8-9,12-16,19,25,27H,3,6-7,10-11,17H2,1H3,(H,28,29). The molecule has 1 aromatic heterocycles. The van der Waals surface area contributed by atoms with Crippen LogP contribution >= 0.6 is 11.8 Å². The van der Waals surface area contributed by atoms with Crippen molar-refractivity contribution in [2.45, 2.75) is 43.9 Å². The largest absolute Gasteiger partial charge is 0.478 e. The molecular weight excluding hydrogens is 406 g/mol.